The van der Waals surface area contributed by atoms with Crippen molar-refractivity contribution in [2.45, 2.75) is 6.61 Å². The van der Waals surface area contributed by atoms with E-state index in [-0.39, 0.29) is 5.56 Å². The zero-order valence-electron chi connectivity index (χ0n) is 17.2. The van der Waals surface area contributed by atoms with Crippen LogP contribution in [0.25, 0.3) is 10.8 Å². The topological polar surface area (TPSA) is 9.23 Å². The van der Waals surface area contributed by atoms with Crippen LogP contribution in [-0.2, 0) is 11.3 Å². The molecule has 32 heavy (non-hydrogen) atoms. The summed E-state index contributed by atoms with van der Waals surface area (Å²) in [5, 5.41) is 1.09. The van der Waals surface area contributed by atoms with Crippen molar-refractivity contribution in [3.05, 3.63) is 118 Å². The molecule has 0 N–H and O–H groups in total. The van der Waals surface area contributed by atoms with Gasteiger partial charge in [0.15, 0.2) is 11.6 Å². The lowest BCUT2D eigenvalue weighted by Crippen LogP contribution is -1.88. The lowest BCUT2D eigenvalue weighted by atomic mass is 10.1. The first-order valence-corrected chi connectivity index (χ1v) is 9.82. The highest BCUT2D eigenvalue weighted by molar-refractivity contribution is 5.84. The number of halogens is 3. The van der Waals surface area contributed by atoms with Crippen molar-refractivity contribution in [3.8, 4) is 23.7 Å². The molecule has 0 saturated heterocycles. The maximum absolute atomic E-state index is 14.5. The van der Waals surface area contributed by atoms with Gasteiger partial charge in [-0.2, -0.15) is 0 Å². The number of rotatable bonds is 2. The Kier molecular flexibility index (Phi) is 6.26. The molecule has 0 unspecified atom stereocenters. The van der Waals surface area contributed by atoms with E-state index in [2.05, 4.69) is 23.7 Å². The summed E-state index contributed by atoms with van der Waals surface area (Å²) in [7, 11) is 1.64. The molecule has 4 heteroatoms. The summed E-state index contributed by atoms with van der Waals surface area (Å²) in [4.78, 5) is 0. The average molecular weight is 426 g/mol. The first kappa shape index (κ1) is 21.2. The zero-order valence-corrected chi connectivity index (χ0v) is 17.2. The summed E-state index contributed by atoms with van der Waals surface area (Å²) in [5.41, 5.74) is 3.21. The Bertz CT molecular complexity index is 1420. The van der Waals surface area contributed by atoms with E-state index in [4.69, 9.17) is 4.74 Å². The third kappa shape index (κ3) is 5.01. The highest BCUT2D eigenvalue weighted by Crippen LogP contribution is 2.20. The van der Waals surface area contributed by atoms with Crippen molar-refractivity contribution in [2.24, 2.45) is 0 Å². The number of benzene rings is 4. The predicted octanol–water partition coefficient (Wildman–Crippen LogP) is 6.20. The van der Waals surface area contributed by atoms with E-state index in [1.165, 1.54) is 6.07 Å². The summed E-state index contributed by atoms with van der Waals surface area (Å²) >= 11 is 0. The van der Waals surface area contributed by atoms with Gasteiger partial charge >= 0.3 is 0 Å². The molecule has 0 aliphatic carbocycles. The van der Waals surface area contributed by atoms with E-state index in [1.54, 1.807) is 37.4 Å². The van der Waals surface area contributed by atoms with Crippen LogP contribution in [0.3, 0.4) is 0 Å². The van der Waals surface area contributed by atoms with Crippen molar-refractivity contribution in [1.29, 1.82) is 0 Å². The van der Waals surface area contributed by atoms with Crippen LogP contribution in [0.15, 0.2) is 72.8 Å². The Hall–Kier alpha value is -3.99. The van der Waals surface area contributed by atoms with Gasteiger partial charge in [-0.3, -0.25) is 0 Å². The third-order valence-corrected chi connectivity index (χ3v) is 4.81. The summed E-state index contributed by atoms with van der Waals surface area (Å²) in [6, 6.07) is 19.5. The molecular formula is C28H17F3O. The zero-order chi connectivity index (χ0) is 22.5. The molecule has 0 atom stereocenters. The Morgan fingerprint density at radius 3 is 1.91 bits per heavy atom. The van der Waals surface area contributed by atoms with Gasteiger partial charge in [-0.25, -0.2) is 13.2 Å². The number of ether oxygens (including phenoxy) is 1. The van der Waals surface area contributed by atoms with Crippen LogP contribution in [-0.4, -0.2) is 7.11 Å². The van der Waals surface area contributed by atoms with E-state index in [1.807, 2.05) is 24.3 Å². The largest absolute Gasteiger partial charge is 0.380 e. The quantitative estimate of drug-likeness (QED) is 0.347. The second-order valence-electron chi connectivity index (χ2n) is 7.15. The van der Waals surface area contributed by atoms with Gasteiger partial charge in [0.1, 0.15) is 5.82 Å². The summed E-state index contributed by atoms with van der Waals surface area (Å²) in [5.74, 6) is 9.32. The number of hydrogen-bond donors (Lipinski definition) is 0. The van der Waals surface area contributed by atoms with Gasteiger partial charge in [0.05, 0.1) is 12.2 Å². The molecule has 0 aromatic heterocycles. The molecule has 0 heterocycles. The second kappa shape index (κ2) is 9.43. The molecular weight excluding hydrogens is 409 g/mol. The second-order valence-corrected chi connectivity index (χ2v) is 7.15. The Morgan fingerprint density at radius 1 is 0.594 bits per heavy atom. The fraction of sp³-hybridized carbons (Fsp3) is 0.0714. The number of methoxy groups -OCH3 is 1. The predicted molar refractivity (Wildman–Crippen MR) is 119 cm³/mol. The number of hydrogen-bond acceptors (Lipinski definition) is 1. The van der Waals surface area contributed by atoms with Crippen molar-refractivity contribution in [3.63, 3.8) is 0 Å². The molecule has 0 bridgehead atoms. The van der Waals surface area contributed by atoms with Gasteiger partial charge in [-0.15, -0.1) is 0 Å². The van der Waals surface area contributed by atoms with Gasteiger partial charge in [-0.05, 0) is 70.9 Å². The summed E-state index contributed by atoms with van der Waals surface area (Å²) in [6.45, 7) is 0.538. The smallest absolute Gasteiger partial charge is 0.159 e. The van der Waals surface area contributed by atoms with Crippen molar-refractivity contribution in [2.75, 3.05) is 7.11 Å². The van der Waals surface area contributed by atoms with E-state index < -0.39 is 17.5 Å². The van der Waals surface area contributed by atoms with Crippen LogP contribution in [0.2, 0.25) is 0 Å². The van der Waals surface area contributed by atoms with E-state index in [9.17, 15) is 13.2 Å². The first-order chi connectivity index (χ1) is 15.5. The van der Waals surface area contributed by atoms with Crippen LogP contribution in [0, 0.1) is 41.1 Å². The maximum Gasteiger partial charge on any atom is 0.159 e. The van der Waals surface area contributed by atoms with Gasteiger partial charge in [0, 0.05) is 23.8 Å². The molecule has 4 aromatic rings. The van der Waals surface area contributed by atoms with Crippen LogP contribution in [0.4, 0.5) is 13.2 Å². The number of fused-ring (bicyclic) bond motifs is 1. The molecule has 0 amide bonds. The fourth-order valence-corrected chi connectivity index (χ4v) is 3.15. The van der Waals surface area contributed by atoms with Crippen LogP contribution >= 0.6 is 0 Å². The molecule has 4 aromatic carbocycles. The molecule has 1 nitrogen and oxygen atoms in total. The Labute approximate surface area is 184 Å². The van der Waals surface area contributed by atoms with Gasteiger partial charge in [-0.1, -0.05) is 41.9 Å². The molecule has 156 valence electrons. The molecule has 4 rings (SSSR count). The molecule has 0 aliphatic heterocycles. The maximum atomic E-state index is 14.5. The minimum Gasteiger partial charge on any atom is -0.380 e. The molecule has 0 spiro atoms. The molecule has 0 saturated carbocycles. The lowest BCUT2D eigenvalue weighted by Gasteiger charge is -2.00. The standard InChI is InChI=1S/C28H17F3O/c1-32-18-22-6-3-19(4-7-22)2-5-21-9-12-23(26(29)15-21)11-8-20-10-13-24-16-27(30)28(31)17-25(24)14-20/h3-4,6-7,9-10,12-17H,18H2,1H3. The highest BCUT2D eigenvalue weighted by atomic mass is 19.2. The molecule has 0 radical (unpaired) electrons. The Balaban J connectivity index is 1.53. The molecule has 0 aliphatic rings. The van der Waals surface area contributed by atoms with Crippen LogP contribution in [0.5, 0.6) is 0 Å². The summed E-state index contributed by atoms with van der Waals surface area (Å²) in [6.07, 6.45) is 0. The fourth-order valence-electron chi connectivity index (χ4n) is 3.15. The SMILES string of the molecule is COCc1ccc(C#Cc2ccc(C#Cc3ccc4cc(F)c(F)cc4c3)c(F)c2)cc1. The lowest BCUT2D eigenvalue weighted by molar-refractivity contribution is 0.185. The van der Waals surface area contributed by atoms with E-state index in [0.717, 1.165) is 23.3 Å². The van der Waals surface area contributed by atoms with E-state index >= 15 is 0 Å². The Morgan fingerprint density at radius 2 is 1.19 bits per heavy atom. The van der Waals surface area contributed by atoms with E-state index in [0.29, 0.717) is 28.5 Å². The van der Waals surface area contributed by atoms with Gasteiger partial charge < -0.3 is 4.74 Å². The van der Waals surface area contributed by atoms with Crippen LogP contribution in [0.1, 0.15) is 27.8 Å². The van der Waals surface area contributed by atoms with Crippen molar-refractivity contribution >= 4 is 10.8 Å². The summed E-state index contributed by atoms with van der Waals surface area (Å²) < 4.78 is 46.4. The minimum atomic E-state index is -0.920. The minimum absolute atomic E-state index is 0.227. The van der Waals surface area contributed by atoms with Gasteiger partial charge in [0.25, 0.3) is 0 Å². The van der Waals surface area contributed by atoms with Crippen LogP contribution < -0.4 is 0 Å². The van der Waals surface area contributed by atoms with Gasteiger partial charge in [0.2, 0.25) is 0 Å². The molecule has 0 fully saturated rings. The van der Waals surface area contributed by atoms with Crippen molar-refractivity contribution < 1.29 is 17.9 Å². The van der Waals surface area contributed by atoms with Crippen molar-refractivity contribution in [1.82, 2.24) is 0 Å². The normalized spacial score (nSPS) is 10.2. The highest BCUT2D eigenvalue weighted by Gasteiger charge is 2.04. The average Bonchev–Trinajstić information content (AvgIpc) is 2.79. The third-order valence-electron chi connectivity index (χ3n) is 4.81. The monoisotopic (exact) mass is 426 g/mol. The first-order valence-electron chi connectivity index (χ1n) is 9.82.